The van der Waals surface area contributed by atoms with Crippen molar-refractivity contribution in [2.24, 2.45) is 0 Å². The van der Waals surface area contributed by atoms with Crippen LogP contribution in [0.3, 0.4) is 0 Å². The Morgan fingerprint density at radius 3 is 2.46 bits per heavy atom. The molecule has 0 bridgehead atoms. The number of carboxylic acids is 1. The number of cyclic esters (lactones) is 1. The van der Waals surface area contributed by atoms with Gasteiger partial charge in [-0.25, -0.2) is 4.79 Å². The number of aliphatic hydroxyl groups is 2. The molecule has 1 aliphatic heterocycles. The van der Waals surface area contributed by atoms with E-state index in [9.17, 15) is 24.6 Å². The van der Waals surface area contributed by atoms with Gasteiger partial charge in [0.1, 0.15) is 12.5 Å². The zero-order valence-corrected chi connectivity index (χ0v) is 20.1. The molecule has 0 aliphatic carbocycles. The summed E-state index contributed by atoms with van der Waals surface area (Å²) in [6, 6.07) is 0. The van der Waals surface area contributed by atoms with Crippen molar-refractivity contribution >= 4 is 17.9 Å². The number of carbonyl (C=O) groups excluding carboxylic acids is 2. The summed E-state index contributed by atoms with van der Waals surface area (Å²) in [5, 5.41) is 28.9. The van der Waals surface area contributed by atoms with Crippen LogP contribution in [-0.4, -0.2) is 57.6 Å². The summed E-state index contributed by atoms with van der Waals surface area (Å²) < 4.78 is 10.5. The first-order valence-corrected chi connectivity index (χ1v) is 11.7. The molecule has 0 fully saturated rings. The van der Waals surface area contributed by atoms with Gasteiger partial charge >= 0.3 is 17.9 Å². The molecule has 0 unspecified atom stereocenters. The molecule has 3 N–H and O–H groups in total. The number of carbonyl (C=O) groups is 3. The van der Waals surface area contributed by atoms with Crippen molar-refractivity contribution in [3.63, 3.8) is 0 Å². The topological polar surface area (TPSA) is 130 Å². The molecule has 0 aromatic heterocycles. The molecule has 8 heteroatoms. The normalized spacial score (nSPS) is 31.0. The Labute approximate surface area is 206 Å². The van der Waals surface area contributed by atoms with Gasteiger partial charge in [-0.05, 0) is 38.7 Å². The summed E-state index contributed by atoms with van der Waals surface area (Å²) in [4.78, 5) is 34.4. The van der Waals surface area contributed by atoms with E-state index in [0.29, 0.717) is 12.8 Å². The molecule has 1 heterocycles. The first kappa shape index (κ1) is 29.8. The van der Waals surface area contributed by atoms with Crippen molar-refractivity contribution in [1.29, 1.82) is 0 Å². The second-order valence-electron chi connectivity index (χ2n) is 8.12. The maximum atomic E-state index is 11.9. The lowest BCUT2D eigenvalue weighted by Crippen LogP contribution is -2.18. The zero-order chi connectivity index (χ0) is 25.9. The van der Waals surface area contributed by atoms with Gasteiger partial charge < -0.3 is 24.8 Å². The minimum Gasteiger partial charge on any atom is -0.481 e. The van der Waals surface area contributed by atoms with E-state index in [0.717, 1.165) is 12.8 Å². The van der Waals surface area contributed by atoms with E-state index in [4.69, 9.17) is 14.6 Å². The number of rotatable bonds is 3. The Morgan fingerprint density at radius 1 is 1.00 bits per heavy atom. The molecule has 0 saturated carbocycles. The van der Waals surface area contributed by atoms with Gasteiger partial charge in [-0.1, -0.05) is 60.8 Å². The first-order chi connectivity index (χ1) is 16.8. The minimum atomic E-state index is -1.28. The number of allylic oxidation sites excluding steroid dienone is 7. The minimum absolute atomic E-state index is 0.189. The van der Waals surface area contributed by atoms with Crippen LogP contribution in [0, 0.1) is 0 Å². The van der Waals surface area contributed by atoms with Crippen molar-refractivity contribution < 1.29 is 39.2 Å². The average molecular weight is 489 g/mol. The predicted octanol–water partition coefficient (Wildman–Crippen LogP) is 3.72. The smallest absolute Gasteiger partial charge is 0.331 e. The monoisotopic (exact) mass is 488 g/mol. The maximum absolute atomic E-state index is 11.9. The number of hydrogen-bond acceptors (Lipinski definition) is 7. The quantitative estimate of drug-likeness (QED) is 0.405. The summed E-state index contributed by atoms with van der Waals surface area (Å²) in [6.07, 6.45) is 19.9. The van der Waals surface area contributed by atoms with E-state index in [-0.39, 0.29) is 18.9 Å². The molecular formula is C27H36O8. The summed E-state index contributed by atoms with van der Waals surface area (Å²) in [6.45, 7) is 1.83. The van der Waals surface area contributed by atoms with Crippen LogP contribution in [0.2, 0.25) is 0 Å². The van der Waals surface area contributed by atoms with E-state index in [1.165, 1.54) is 12.2 Å². The summed E-state index contributed by atoms with van der Waals surface area (Å²) in [5.41, 5.74) is 0. The highest BCUT2D eigenvalue weighted by molar-refractivity contribution is 5.90. The molecule has 0 radical (unpaired) electrons. The molecule has 8 nitrogen and oxygen atoms in total. The van der Waals surface area contributed by atoms with Crippen LogP contribution >= 0.6 is 0 Å². The number of aliphatic hydroxyl groups excluding tert-OH is 2. The third kappa shape index (κ3) is 16.9. The fraction of sp³-hybridized carbons (Fsp3) is 0.444. The zero-order valence-electron chi connectivity index (χ0n) is 20.1. The van der Waals surface area contributed by atoms with E-state index in [2.05, 4.69) is 0 Å². The molecule has 1 aliphatic rings. The fourth-order valence-corrected chi connectivity index (χ4v) is 3.07. The molecule has 0 amide bonds. The van der Waals surface area contributed by atoms with E-state index < -0.39 is 42.6 Å². The lowest BCUT2D eigenvalue weighted by atomic mass is 10.1. The second-order valence-corrected chi connectivity index (χ2v) is 8.12. The number of ether oxygens (including phenoxy) is 2. The third-order valence-corrected chi connectivity index (χ3v) is 4.80. The van der Waals surface area contributed by atoms with Crippen molar-refractivity contribution in [1.82, 2.24) is 0 Å². The summed E-state index contributed by atoms with van der Waals surface area (Å²) >= 11 is 0. The maximum Gasteiger partial charge on any atom is 0.331 e. The molecule has 35 heavy (non-hydrogen) atoms. The third-order valence-electron chi connectivity index (χ3n) is 4.80. The average Bonchev–Trinajstić information content (AvgIpc) is 2.76. The number of aliphatic carboxylic acids is 1. The van der Waals surface area contributed by atoms with Crippen LogP contribution in [0.25, 0.3) is 0 Å². The van der Waals surface area contributed by atoms with Gasteiger partial charge in [0.25, 0.3) is 0 Å². The fourth-order valence-electron chi connectivity index (χ4n) is 3.07. The molecule has 1 rings (SSSR count). The van der Waals surface area contributed by atoms with E-state index in [1.54, 1.807) is 48.6 Å². The molecule has 0 spiro atoms. The Hall–Kier alpha value is -3.23. The Morgan fingerprint density at radius 2 is 1.69 bits per heavy atom. The number of hydrogen-bond donors (Lipinski definition) is 3. The molecular weight excluding hydrogens is 452 g/mol. The van der Waals surface area contributed by atoms with Crippen LogP contribution in [0.1, 0.15) is 51.9 Å². The lowest BCUT2D eigenvalue weighted by molar-refractivity contribution is -0.153. The van der Waals surface area contributed by atoms with Gasteiger partial charge in [-0.3, -0.25) is 9.59 Å². The predicted molar refractivity (Wildman–Crippen MR) is 132 cm³/mol. The largest absolute Gasteiger partial charge is 0.481 e. The Balaban J connectivity index is 2.87. The van der Waals surface area contributed by atoms with Crippen molar-refractivity contribution in [3.05, 3.63) is 72.9 Å². The van der Waals surface area contributed by atoms with E-state index >= 15 is 0 Å². The highest BCUT2D eigenvalue weighted by Crippen LogP contribution is 2.09. The van der Waals surface area contributed by atoms with Crippen molar-refractivity contribution in [3.8, 4) is 0 Å². The molecule has 0 aromatic rings. The summed E-state index contributed by atoms with van der Waals surface area (Å²) in [7, 11) is 0. The molecule has 192 valence electrons. The SMILES string of the molecule is C[C@@H]1CCC/C=C\C=C/[C@H](O)C[C@@H](O)C/C=C\C=C/[C@@H](OC(=O)CC(=O)O)C/C=C\C=C/C(=O)O1. The van der Waals surface area contributed by atoms with Crippen LogP contribution in [-0.2, 0) is 23.9 Å². The highest BCUT2D eigenvalue weighted by atomic mass is 16.5. The standard InChI is InChI=1S/C27H36O8/c1-21-13-7-3-2-4-8-14-22(28)19-23(29)15-9-5-10-16-24(35-27(33)20-25(30)31)17-11-6-12-18-26(32)34-21/h2,4-6,8-12,14,16,18,21-24,28-29H,3,7,13,15,17,19-20H2,1H3,(H,30,31)/b4-2-,9-5-,11-6-,14-8-,16-10-,18-12-/t21-,22+,23+,24-/m1/s1. The molecule has 4 atom stereocenters. The Bertz CT molecular complexity index is 834. The van der Waals surface area contributed by atoms with Crippen LogP contribution in [0.15, 0.2) is 72.9 Å². The van der Waals surface area contributed by atoms with Crippen LogP contribution < -0.4 is 0 Å². The van der Waals surface area contributed by atoms with Gasteiger partial charge in [-0.2, -0.15) is 0 Å². The van der Waals surface area contributed by atoms with Gasteiger partial charge in [0.15, 0.2) is 0 Å². The van der Waals surface area contributed by atoms with Crippen LogP contribution in [0.5, 0.6) is 0 Å². The van der Waals surface area contributed by atoms with Crippen molar-refractivity contribution in [2.45, 2.75) is 76.3 Å². The van der Waals surface area contributed by atoms with Crippen LogP contribution in [0.4, 0.5) is 0 Å². The lowest BCUT2D eigenvalue weighted by Gasteiger charge is -2.12. The first-order valence-electron chi connectivity index (χ1n) is 11.7. The number of esters is 2. The van der Waals surface area contributed by atoms with Gasteiger partial charge in [0, 0.05) is 18.9 Å². The highest BCUT2D eigenvalue weighted by Gasteiger charge is 2.14. The second kappa shape index (κ2) is 18.1. The Kier molecular flexibility index (Phi) is 15.4. The number of carboxylic acid groups (broad SMARTS) is 1. The summed E-state index contributed by atoms with van der Waals surface area (Å²) in [5.74, 6) is -2.60. The molecule has 0 saturated heterocycles. The van der Waals surface area contributed by atoms with E-state index in [1.807, 2.05) is 19.1 Å². The van der Waals surface area contributed by atoms with Crippen molar-refractivity contribution in [2.75, 3.05) is 0 Å². The van der Waals surface area contributed by atoms with Gasteiger partial charge in [0.2, 0.25) is 0 Å². The molecule has 0 aromatic carbocycles. The van der Waals surface area contributed by atoms with Gasteiger partial charge in [-0.15, -0.1) is 0 Å². The van der Waals surface area contributed by atoms with Gasteiger partial charge in [0.05, 0.1) is 18.3 Å².